The van der Waals surface area contributed by atoms with E-state index in [9.17, 15) is 19.2 Å². The van der Waals surface area contributed by atoms with E-state index in [-0.39, 0.29) is 35.6 Å². The molecule has 3 atom stereocenters. The fourth-order valence-corrected chi connectivity index (χ4v) is 5.86. The zero-order valence-electron chi connectivity index (χ0n) is 27.8. The molecule has 0 bridgehead atoms. The van der Waals surface area contributed by atoms with Crippen LogP contribution in [-0.4, -0.2) is 75.6 Å². The second-order valence-electron chi connectivity index (χ2n) is 12.3. The Morgan fingerprint density at radius 1 is 1.07 bits per heavy atom. The summed E-state index contributed by atoms with van der Waals surface area (Å²) in [4.78, 5) is 63.6. The molecule has 11 nitrogen and oxygen atoms in total. The number of carbonyl (C=O) groups is 4. The molecule has 1 unspecified atom stereocenters. The summed E-state index contributed by atoms with van der Waals surface area (Å²) in [6.45, 7) is 9.38. The number of nitrogens with zero attached hydrogens (tertiary/aromatic N) is 3. The molecule has 4 N–H and O–H groups in total. The minimum Gasteiger partial charge on any atom is -0.373 e. The molecule has 3 aromatic rings. The standard InChI is InChI=1S/C35H49N7O4/c1-6-12-23(4)32(43)40-30(13-7-2)33(44)36-18-11-19-42-21-25-20-24(16-17-27(25)37-26(8-3)35(42)46)34(45)41(5)22-31-38-28-14-9-10-15-29(28)39-31/h9-10,14-17,20,23,26,30,37H,6-8,11-13,18-19,21-22H2,1-5H3,(H,36,44)(H,38,39)(H,40,43)/t23-,26-,30?/m0/s1. The first-order chi connectivity index (χ1) is 22.1. The maximum absolute atomic E-state index is 13.5. The first-order valence-electron chi connectivity index (χ1n) is 16.6. The van der Waals surface area contributed by atoms with Crippen LogP contribution in [0.3, 0.4) is 0 Å². The van der Waals surface area contributed by atoms with Crippen molar-refractivity contribution in [1.29, 1.82) is 0 Å². The van der Waals surface area contributed by atoms with Crippen molar-refractivity contribution in [2.75, 3.05) is 25.5 Å². The highest BCUT2D eigenvalue weighted by Gasteiger charge is 2.29. The minimum atomic E-state index is -0.571. The Labute approximate surface area is 271 Å². The van der Waals surface area contributed by atoms with E-state index < -0.39 is 6.04 Å². The Morgan fingerprint density at radius 2 is 1.83 bits per heavy atom. The van der Waals surface area contributed by atoms with Gasteiger partial charge in [-0.05, 0) is 61.6 Å². The zero-order valence-corrected chi connectivity index (χ0v) is 27.8. The van der Waals surface area contributed by atoms with Gasteiger partial charge in [0.25, 0.3) is 5.91 Å². The molecule has 2 aromatic carbocycles. The van der Waals surface area contributed by atoms with Crippen LogP contribution in [-0.2, 0) is 27.5 Å². The normalized spacial score (nSPS) is 15.8. The number of amides is 4. The summed E-state index contributed by atoms with van der Waals surface area (Å²) < 4.78 is 0. The van der Waals surface area contributed by atoms with Crippen molar-refractivity contribution in [2.24, 2.45) is 5.92 Å². The van der Waals surface area contributed by atoms with E-state index in [1.165, 1.54) is 0 Å². The number of H-pyrrole nitrogens is 1. The van der Waals surface area contributed by atoms with Crippen LogP contribution in [0.2, 0.25) is 0 Å². The van der Waals surface area contributed by atoms with Crippen LogP contribution < -0.4 is 16.0 Å². The average molecular weight is 632 g/mol. The largest absolute Gasteiger partial charge is 0.373 e. The Kier molecular flexibility index (Phi) is 12.2. The number of para-hydroxylation sites is 2. The number of aromatic nitrogens is 2. The predicted molar refractivity (Wildman–Crippen MR) is 180 cm³/mol. The summed E-state index contributed by atoms with van der Waals surface area (Å²) in [5.74, 6) is 0.119. The molecule has 11 heteroatoms. The van der Waals surface area contributed by atoms with Crippen LogP contribution in [0.4, 0.5) is 5.69 Å². The quantitative estimate of drug-likeness (QED) is 0.181. The molecular formula is C35H49N7O4. The molecule has 1 aliphatic rings. The second-order valence-corrected chi connectivity index (χ2v) is 12.3. The average Bonchev–Trinajstić information content (AvgIpc) is 3.40. The van der Waals surface area contributed by atoms with Crippen molar-refractivity contribution >= 4 is 40.3 Å². The van der Waals surface area contributed by atoms with Crippen LogP contribution in [0.1, 0.15) is 88.0 Å². The summed E-state index contributed by atoms with van der Waals surface area (Å²) in [7, 11) is 1.75. The lowest BCUT2D eigenvalue weighted by atomic mass is 10.0. The van der Waals surface area contributed by atoms with Gasteiger partial charge in [-0.2, -0.15) is 0 Å². The van der Waals surface area contributed by atoms with E-state index in [1.807, 2.05) is 64.1 Å². The number of anilines is 1. The number of hydrogen-bond donors (Lipinski definition) is 4. The Morgan fingerprint density at radius 3 is 2.54 bits per heavy atom. The van der Waals surface area contributed by atoms with Crippen LogP contribution in [0.25, 0.3) is 11.0 Å². The van der Waals surface area contributed by atoms with Gasteiger partial charge in [-0.15, -0.1) is 0 Å². The van der Waals surface area contributed by atoms with Gasteiger partial charge in [-0.25, -0.2) is 4.98 Å². The van der Waals surface area contributed by atoms with Crippen LogP contribution >= 0.6 is 0 Å². The van der Waals surface area contributed by atoms with Crippen molar-refractivity contribution < 1.29 is 19.2 Å². The number of rotatable bonds is 15. The topological polar surface area (TPSA) is 140 Å². The van der Waals surface area contributed by atoms with E-state index in [2.05, 4.69) is 25.9 Å². The molecule has 1 aliphatic heterocycles. The van der Waals surface area contributed by atoms with Crippen molar-refractivity contribution in [3.63, 3.8) is 0 Å². The number of fused-ring (bicyclic) bond motifs is 2. The van der Waals surface area contributed by atoms with Crippen molar-refractivity contribution in [1.82, 2.24) is 30.4 Å². The van der Waals surface area contributed by atoms with Gasteiger partial charge < -0.3 is 30.7 Å². The zero-order chi connectivity index (χ0) is 33.2. The SMILES string of the molecule is CCCC(NC(=O)[C@@H](C)CCC)C(=O)NCCCN1Cc2cc(C(=O)N(C)Cc3nc4ccccc4[nH]3)ccc2N[C@@H](CC)C1=O. The summed E-state index contributed by atoms with van der Waals surface area (Å²) in [5, 5.41) is 9.24. The van der Waals surface area contributed by atoms with Crippen molar-refractivity contribution in [3.8, 4) is 0 Å². The highest BCUT2D eigenvalue weighted by Crippen LogP contribution is 2.26. The molecular weight excluding hydrogens is 582 g/mol. The maximum atomic E-state index is 13.5. The molecule has 4 rings (SSSR count). The van der Waals surface area contributed by atoms with Gasteiger partial charge >= 0.3 is 0 Å². The lowest BCUT2D eigenvalue weighted by Gasteiger charge is -2.24. The summed E-state index contributed by atoms with van der Waals surface area (Å²) >= 11 is 0. The number of benzene rings is 2. The first-order valence-corrected chi connectivity index (χ1v) is 16.6. The third kappa shape index (κ3) is 8.64. The van der Waals surface area contributed by atoms with E-state index in [0.29, 0.717) is 56.8 Å². The molecule has 46 heavy (non-hydrogen) atoms. The molecule has 0 aliphatic carbocycles. The summed E-state index contributed by atoms with van der Waals surface area (Å²) in [6, 6.07) is 12.3. The Bertz CT molecular complexity index is 1490. The van der Waals surface area contributed by atoms with Crippen LogP contribution in [0.15, 0.2) is 42.5 Å². The number of nitrogens with one attached hydrogen (secondary N) is 4. The van der Waals surface area contributed by atoms with E-state index in [1.54, 1.807) is 22.9 Å². The third-order valence-corrected chi connectivity index (χ3v) is 8.52. The molecule has 0 saturated carbocycles. The van der Waals surface area contributed by atoms with Crippen LogP contribution in [0, 0.1) is 5.92 Å². The maximum Gasteiger partial charge on any atom is 0.254 e. The summed E-state index contributed by atoms with van der Waals surface area (Å²) in [6.07, 6.45) is 4.19. The van der Waals surface area contributed by atoms with Crippen molar-refractivity contribution in [2.45, 2.75) is 91.4 Å². The number of imidazole rings is 1. The highest BCUT2D eigenvalue weighted by atomic mass is 16.2. The molecule has 0 saturated heterocycles. The molecule has 248 valence electrons. The Hall–Kier alpha value is -4.41. The highest BCUT2D eigenvalue weighted by molar-refractivity contribution is 5.95. The molecule has 2 heterocycles. The lowest BCUT2D eigenvalue weighted by molar-refractivity contribution is -0.132. The Balaban J connectivity index is 1.37. The third-order valence-electron chi connectivity index (χ3n) is 8.52. The van der Waals surface area contributed by atoms with Gasteiger partial charge in [-0.1, -0.05) is 52.7 Å². The molecule has 0 spiro atoms. The van der Waals surface area contributed by atoms with Gasteiger partial charge in [-0.3, -0.25) is 19.2 Å². The lowest BCUT2D eigenvalue weighted by Crippen LogP contribution is -2.48. The number of carbonyl (C=O) groups excluding carboxylic acids is 4. The first kappa shape index (κ1) is 34.5. The predicted octanol–water partition coefficient (Wildman–Crippen LogP) is 4.60. The van der Waals surface area contributed by atoms with E-state index >= 15 is 0 Å². The fraction of sp³-hybridized carbons (Fsp3) is 0.514. The number of hydrogen-bond acceptors (Lipinski definition) is 6. The minimum absolute atomic E-state index is 0.0130. The van der Waals surface area contributed by atoms with E-state index in [0.717, 1.165) is 41.5 Å². The molecule has 0 radical (unpaired) electrons. The molecule has 1 aromatic heterocycles. The monoisotopic (exact) mass is 631 g/mol. The number of aromatic amines is 1. The summed E-state index contributed by atoms with van der Waals surface area (Å²) in [5.41, 5.74) is 4.01. The molecule has 0 fully saturated rings. The van der Waals surface area contributed by atoms with Gasteiger partial charge in [0.05, 0.1) is 17.6 Å². The van der Waals surface area contributed by atoms with E-state index in [4.69, 9.17) is 0 Å². The second kappa shape index (κ2) is 16.2. The van der Waals surface area contributed by atoms with Crippen LogP contribution in [0.5, 0.6) is 0 Å². The van der Waals surface area contributed by atoms with Gasteiger partial charge in [0.2, 0.25) is 17.7 Å². The fourth-order valence-electron chi connectivity index (χ4n) is 5.86. The van der Waals surface area contributed by atoms with Crippen molar-refractivity contribution in [3.05, 3.63) is 59.4 Å². The smallest absolute Gasteiger partial charge is 0.254 e. The van der Waals surface area contributed by atoms with Gasteiger partial charge in [0.1, 0.15) is 17.9 Å². The molecule has 4 amide bonds. The van der Waals surface area contributed by atoms with Gasteiger partial charge in [0.15, 0.2) is 0 Å². The van der Waals surface area contributed by atoms with Gasteiger partial charge in [0, 0.05) is 43.9 Å².